The van der Waals surface area contributed by atoms with Crippen LogP contribution >= 0.6 is 0 Å². The van der Waals surface area contributed by atoms with Crippen LogP contribution < -0.4 is 5.73 Å². The van der Waals surface area contributed by atoms with E-state index < -0.39 is 0 Å². The van der Waals surface area contributed by atoms with Crippen LogP contribution in [-0.2, 0) is 6.54 Å². The van der Waals surface area contributed by atoms with Crippen molar-refractivity contribution >= 4 is 5.69 Å². The summed E-state index contributed by atoms with van der Waals surface area (Å²) in [4.78, 5) is 4.41. The molecule has 0 aliphatic rings. The Morgan fingerprint density at radius 1 is 1.14 bits per heavy atom. The van der Waals surface area contributed by atoms with Crippen LogP contribution in [0, 0.1) is 11.3 Å². The molecule has 3 rings (SSSR count). The van der Waals surface area contributed by atoms with Crippen molar-refractivity contribution in [2.75, 3.05) is 5.73 Å². The summed E-state index contributed by atoms with van der Waals surface area (Å²) in [5.74, 6) is 0.865. The molecule has 0 aliphatic carbocycles. The molecule has 4 nitrogen and oxygen atoms in total. The van der Waals surface area contributed by atoms with Crippen molar-refractivity contribution < 1.29 is 0 Å². The van der Waals surface area contributed by atoms with Crippen molar-refractivity contribution in [1.29, 1.82) is 5.26 Å². The lowest BCUT2D eigenvalue weighted by Gasteiger charge is -2.09. The zero-order valence-electron chi connectivity index (χ0n) is 11.4. The minimum absolute atomic E-state index is 0.665. The van der Waals surface area contributed by atoms with Gasteiger partial charge in [0, 0.05) is 30.2 Å². The van der Waals surface area contributed by atoms with Gasteiger partial charge in [0.05, 0.1) is 11.6 Å². The zero-order valence-corrected chi connectivity index (χ0v) is 11.4. The third-order valence-corrected chi connectivity index (χ3v) is 3.27. The second-order valence-electron chi connectivity index (χ2n) is 4.82. The van der Waals surface area contributed by atoms with Crippen LogP contribution in [0.3, 0.4) is 0 Å². The van der Waals surface area contributed by atoms with Gasteiger partial charge in [0.1, 0.15) is 5.82 Å². The number of aromatic nitrogens is 2. The highest BCUT2D eigenvalue weighted by Crippen LogP contribution is 2.21. The highest BCUT2D eigenvalue weighted by atomic mass is 15.1. The lowest BCUT2D eigenvalue weighted by atomic mass is 10.1. The van der Waals surface area contributed by atoms with Crippen molar-refractivity contribution in [3.8, 4) is 17.5 Å². The maximum absolute atomic E-state index is 8.97. The number of nitrogens with two attached hydrogens (primary N) is 1. The van der Waals surface area contributed by atoms with Crippen LogP contribution in [0.5, 0.6) is 0 Å². The summed E-state index contributed by atoms with van der Waals surface area (Å²) in [5, 5.41) is 8.97. The first-order valence-corrected chi connectivity index (χ1v) is 6.62. The topological polar surface area (TPSA) is 67.6 Å². The number of benzene rings is 2. The van der Waals surface area contributed by atoms with E-state index in [1.807, 2.05) is 53.2 Å². The summed E-state index contributed by atoms with van der Waals surface area (Å²) >= 11 is 0. The molecule has 0 saturated heterocycles. The average molecular weight is 274 g/mol. The predicted octanol–water partition coefficient (Wildman–Crippen LogP) is 3.05. The molecule has 0 aliphatic heterocycles. The van der Waals surface area contributed by atoms with E-state index in [2.05, 4.69) is 11.1 Å². The molecule has 0 saturated carbocycles. The number of nitriles is 1. The molecule has 0 amide bonds. The Morgan fingerprint density at radius 2 is 2.00 bits per heavy atom. The number of hydrogen-bond donors (Lipinski definition) is 1. The van der Waals surface area contributed by atoms with E-state index in [0.29, 0.717) is 17.8 Å². The molecular formula is C17H14N4. The predicted molar refractivity (Wildman–Crippen MR) is 82.3 cm³/mol. The minimum Gasteiger partial charge on any atom is -0.399 e. The number of hydrogen-bond acceptors (Lipinski definition) is 3. The third-order valence-electron chi connectivity index (χ3n) is 3.27. The second-order valence-corrected chi connectivity index (χ2v) is 4.82. The van der Waals surface area contributed by atoms with Gasteiger partial charge in [0.25, 0.3) is 0 Å². The molecule has 21 heavy (non-hydrogen) atoms. The van der Waals surface area contributed by atoms with E-state index in [-0.39, 0.29) is 0 Å². The van der Waals surface area contributed by atoms with Crippen LogP contribution in [-0.4, -0.2) is 9.55 Å². The monoisotopic (exact) mass is 274 g/mol. The second kappa shape index (κ2) is 5.51. The van der Waals surface area contributed by atoms with Gasteiger partial charge in [-0.25, -0.2) is 4.98 Å². The fourth-order valence-electron chi connectivity index (χ4n) is 2.31. The lowest BCUT2D eigenvalue weighted by Crippen LogP contribution is -2.01. The summed E-state index contributed by atoms with van der Waals surface area (Å²) in [5.41, 5.74) is 9.26. The van der Waals surface area contributed by atoms with E-state index in [1.54, 1.807) is 12.3 Å². The largest absolute Gasteiger partial charge is 0.399 e. The van der Waals surface area contributed by atoms with Gasteiger partial charge in [-0.3, -0.25) is 0 Å². The summed E-state index contributed by atoms with van der Waals surface area (Å²) in [6.45, 7) is 0.666. The number of imidazole rings is 1. The Hall–Kier alpha value is -3.06. The lowest BCUT2D eigenvalue weighted by molar-refractivity contribution is 0.807. The average Bonchev–Trinajstić information content (AvgIpc) is 2.95. The molecular weight excluding hydrogens is 260 g/mol. The maximum Gasteiger partial charge on any atom is 0.140 e. The first-order valence-electron chi connectivity index (χ1n) is 6.62. The summed E-state index contributed by atoms with van der Waals surface area (Å²) < 4.78 is 2.05. The molecule has 3 aromatic rings. The highest BCUT2D eigenvalue weighted by Gasteiger charge is 2.07. The van der Waals surface area contributed by atoms with Gasteiger partial charge >= 0.3 is 0 Å². The van der Waals surface area contributed by atoms with Crippen LogP contribution in [0.25, 0.3) is 11.4 Å². The van der Waals surface area contributed by atoms with Gasteiger partial charge in [-0.1, -0.05) is 24.3 Å². The fraction of sp³-hybridized carbons (Fsp3) is 0.0588. The van der Waals surface area contributed by atoms with Crippen LogP contribution in [0.2, 0.25) is 0 Å². The third kappa shape index (κ3) is 2.77. The van der Waals surface area contributed by atoms with Gasteiger partial charge in [-0.05, 0) is 29.8 Å². The molecule has 0 atom stereocenters. The van der Waals surface area contributed by atoms with Crippen molar-refractivity contribution in [3.63, 3.8) is 0 Å². The molecule has 4 heteroatoms. The maximum atomic E-state index is 8.97. The number of nitrogen functional groups attached to an aromatic ring is 1. The van der Waals surface area contributed by atoms with E-state index in [1.165, 1.54) is 0 Å². The van der Waals surface area contributed by atoms with Gasteiger partial charge in [0.2, 0.25) is 0 Å². The molecule has 0 fully saturated rings. The summed E-state index contributed by atoms with van der Waals surface area (Å²) in [6, 6.07) is 17.4. The number of anilines is 1. The minimum atomic E-state index is 0.665. The molecule has 102 valence electrons. The van der Waals surface area contributed by atoms with Crippen molar-refractivity contribution in [2.45, 2.75) is 6.54 Å². The van der Waals surface area contributed by atoms with E-state index in [4.69, 9.17) is 11.0 Å². The molecule has 0 unspecified atom stereocenters. The van der Waals surface area contributed by atoms with Crippen molar-refractivity contribution in [2.24, 2.45) is 0 Å². The van der Waals surface area contributed by atoms with E-state index >= 15 is 0 Å². The molecule has 0 radical (unpaired) electrons. The van der Waals surface area contributed by atoms with E-state index in [9.17, 15) is 0 Å². The van der Waals surface area contributed by atoms with Crippen molar-refractivity contribution in [3.05, 3.63) is 72.1 Å². The Balaban J connectivity index is 1.94. The number of rotatable bonds is 3. The molecule has 2 aromatic carbocycles. The van der Waals surface area contributed by atoms with Crippen molar-refractivity contribution in [1.82, 2.24) is 9.55 Å². The Labute approximate surface area is 123 Å². The smallest absolute Gasteiger partial charge is 0.140 e. The normalized spacial score (nSPS) is 10.2. The Kier molecular flexibility index (Phi) is 3.40. The van der Waals surface area contributed by atoms with Gasteiger partial charge < -0.3 is 10.3 Å². The first kappa shape index (κ1) is 12.9. The fourth-order valence-corrected chi connectivity index (χ4v) is 2.31. The SMILES string of the molecule is N#Cc1cccc(Cn2ccnc2-c2cccc(N)c2)c1. The zero-order chi connectivity index (χ0) is 14.7. The van der Waals surface area contributed by atoms with E-state index in [0.717, 1.165) is 17.0 Å². The molecule has 0 spiro atoms. The van der Waals surface area contributed by atoms with Crippen LogP contribution in [0.1, 0.15) is 11.1 Å². The van der Waals surface area contributed by atoms with Gasteiger partial charge in [-0.2, -0.15) is 5.26 Å². The van der Waals surface area contributed by atoms with Crippen LogP contribution in [0.4, 0.5) is 5.69 Å². The quantitative estimate of drug-likeness (QED) is 0.746. The molecule has 2 N–H and O–H groups in total. The summed E-state index contributed by atoms with van der Waals surface area (Å²) in [6.07, 6.45) is 3.70. The highest BCUT2D eigenvalue weighted by molar-refractivity contribution is 5.61. The number of nitrogens with zero attached hydrogens (tertiary/aromatic N) is 3. The van der Waals surface area contributed by atoms with Crippen LogP contribution in [0.15, 0.2) is 60.9 Å². The van der Waals surface area contributed by atoms with Gasteiger partial charge in [-0.15, -0.1) is 0 Å². The molecule has 1 aromatic heterocycles. The summed E-state index contributed by atoms with van der Waals surface area (Å²) in [7, 11) is 0. The van der Waals surface area contributed by atoms with Gasteiger partial charge in [0.15, 0.2) is 0 Å². The Morgan fingerprint density at radius 3 is 2.81 bits per heavy atom. The Bertz CT molecular complexity index is 811. The molecule has 1 heterocycles. The standard InChI is InChI=1S/C17H14N4/c18-11-13-3-1-4-14(9-13)12-21-8-7-20-17(21)15-5-2-6-16(19)10-15/h1-10H,12,19H2. The molecule has 0 bridgehead atoms. The first-order chi connectivity index (χ1) is 10.3.